The largest absolute Gasteiger partial charge is 0.457 e. The first-order valence-corrected chi connectivity index (χ1v) is 10.9. The second-order valence-electron chi connectivity index (χ2n) is 6.73. The van der Waals surface area contributed by atoms with E-state index in [2.05, 4.69) is 5.32 Å². The SMILES string of the molecule is CC(=O)Nc1cccc(C(=O)OCc2ccc(S(=O)(=O)Cc3ccccc3)cc2)c1. The summed E-state index contributed by atoms with van der Waals surface area (Å²) in [7, 11) is -3.46. The van der Waals surface area contributed by atoms with Crippen molar-refractivity contribution in [2.24, 2.45) is 0 Å². The number of sulfone groups is 1. The van der Waals surface area contributed by atoms with Crippen molar-refractivity contribution in [3.05, 3.63) is 95.6 Å². The van der Waals surface area contributed by atoms with E-state index in [1.165, 1.54) is 25.1 Å². The highest BCUT2D eigenvalue weighted by Crippen LogP contribution is 2.18. The smallest absolute Gasteiger partial charge is 0.338 e. The molecule has 0 aromatic heterocycles. The number of hydrogen-bond donors (Lipinski definition) is 1. The summed E-state index contributed by atoms with van der Waals surface area (Å²) in [6.45, 7) is 1.39. The first-order valence-electron chi connectivity index (χ1n) is 9.24. The average Bonchev–Trinajstić information content (AvgIpc) is 2.72. The predicted octanol–water partition coefficient (Wildman–Crippen LogP) is 3.98. The Kier molecular flexibility index (Phi) is 6.64. The predicted molar refractivity (Wildman–Crippen MR) is 114 cm³/mol. The van der Waals surface area contributed by atoms with Crippen molar-refractivity contribution < 1.29 is 22.7 Å². The number of rotatable bonds is 7. The standard InChI is InChI=1S/C23H21NO5S/c1-17(25)24-21-9-5-8-20(14-21)23(26)29-15-18-10-12-22(13-11-18)30(27,28)16-19-6-3-2-4-7-19/h2-14H,15-16H2,1H3,(H,24,25). The Morgan fingerprint density at radius 3 is 2.23 bits per heavy atom. The van der Waals surface area contributed by atoms with Gasteiger partial charge in [0.05, 0.1) is 16.2 Å². The maximum Gasteiger partial charge on any atom is 0.338 e. The molecule has 0 bridgehead atoms. The van der Waals surface area contributed by atoms with Gasteiger partial charge in [-0.2, -0.15) is 0 Å². The molecule has 3 aromatic rings. The Morgan fingerprint density at radius 1 is 0.867 bits per heavy atom. The lowest BCUT2D eigenvalue weighted by molar-refractivity contribution is -0.114. The second-order valence-corrected chi connectivity index (χ2v) is 8.72. The topological polar surface area (TPSA) is 89.5 Å². The average molecular weight is 423 g/mol. The van der Waals surface area contributed by atoms with Gasteiger partial charge >= 0.3 is 5.97 Å². The molecule has 0 heterocycles. The minimum absolute atomic E-state index is 0.00219. The number of esters is 1. The molecule has 30 heavy (non-hydrogen) atoms. The first-order chi connectivity index (χ1) is 14.3. The molecule has 0 unspecified atom stereocenters. The summed E-state index contributed by atoms with van der Waals surface area (Å²) in [5.74, 6) is -0.849. The van der Waals surface area contributed by atoms with Crippen molar-refractivity contribution in [3.63, 3.8) is 0 Å². The van der Waals surface area contributed by atoms with Gasteiger partial charge in [-0.1, -0.05) is 48.5 Å². The van der Waals surface area contributed by atoms with Gasteiger partial charge < -0.3 is 10.1 Å². The van der Waals surface area contributed by atoms with Gasteiger partial charge in [0.15, 0.2) is 9.84 Å². The number of ether oxygens (including phenoxy) is 1. The third-order valence-corrected chi connectivity index (χ3v) is 5.97. The van der Waals surface area contributed by atoms with Crippen molar-refractivity contribution in [1.29, 1.82) is 0 Å². The molecule has 0 radical (unpaired) electrons. The summed E-state index contributed by atoms with van der Waals surface area (Å²) >= 11 is 0. The molecule has 0 aliphatic rings. The number of carbonyl (C=O) groups excluding carboxylic acids is 2. The Labute approximate surface area is 175 Å². The van der Waals surface area contributed by atoms with Gasteiger partial charge in [-0.25, -0.2) is 13.2 Å². The Hall–Kier alpha value is -3.45. The molecule has 0 fully saturated rings. The normalized spacial score (nSPS) is 11.0. The number of hydrogen-bond acceptors (Lipinski definition) is 5. The molecule has 3 rings (SSSR count). The van der Waals surface area contributed by atoms with Crippen LogP contribution in [0.25, 0.3) is 0 Å². The van der Waals surface area contributed by atoms with Crippen LogP contribution in [-0.2, 0) is 31.7 Å². The first kappa shape index (κ1) is 21.3. The van der Waals surface area contributed by atoms with E-state index in [-0.39, 0.29) is 23.2 Å². The Bertz CT molecular complexity index is 1140. The van der Waals surface area contributed by atoms with Gasteiger partial charge in [0.25, 0.3) is 0 Å². The van der Waals surface area contributed by atoms with Crippen LogP contribution in [0.4, 0.5) is 5.69 Å². The van der Waals surface area contributed by atoms with Crippen LogP contribution in [0.3, 0.4) is 0 Å². The highest BCUT2D eigenvalue weighted by molar-refractivity contribution is 7.90. The van der Waals surface area contributed by atoms with Crippen LogP contribution in [0.2, 0.25) is 0 Å². The molecule has 0 saturated heterocycles. The quantitative estimate of drug-likeness (QED) is 0.581. The van der Waals surface area contributed by atoms with Crippen molar-refractivity contribution in [2.75, 3.05) is 5.32 Å². The molecule has 1 N–H and O–H groups in total. The van der Waals surface area contributed by atoms with Gasteiger partial charge in [0.2, 0.25) is 5.91 Å². The maximum atomic E-state index is 12.6. The zero-order valence-electron chi connectivity index (χ0n) is 16.4. The highest BCUT2D eigenvalue weighted by atomic mass is 32.2. The number of anilines is 1. The van der Waals surface area contributed by atoms with Crippen molar-refractivity contribution >= 4 is 27.4 Å². The molecule has 0 saturated carbocycles. The molecule has 154 valence electrons. The summed E-state index contributed by atoms with van der Waals surface area (Å²) in [4.78, 5) is 23.6. The molecule has 0 aliphatic heterocycles. The molecule has 3 aromatic carbocycles. The van der Waals surface area contributed by atoms with Gasteiger partial charge in [-0.15, -0.1) is 0 Å². The molecule has 0 atom stereocenters. The highest BCUT2D eigenvalue weighted by Gasteiger charge is 2.15. The van der Waals surface area contributed by atoms with E-state index < -0.39 is 15.8 Å². The molecule has 1 amide bonds. The lowest BCUT2D eigenvalue weighted by atomic mass is 10.2. The number of amides is 1. The fraction of sp³-hybridized carbons (Fsp3) is 0.130. The third kappa shape index (κ3) is 5.78. The third-order valence-electron chi connectivity index (χ3n) is 4.27. The van der Waals surface area contributed by atoms with E-state index in [0.29, 0.717) is 16.8 Å². The van der Waals surface area contributed by atoms with E-state index >= 15 is 0 Å². The number of benzene rings is 3. The summed E-state index contributed by atoms with van der Waals surface area (Å²) < 4.78 is 30.4. The van der Waals surface area contributed by atoms with E-state index in [1.807, 2.05) is 6.07 Å². The van der Waals surface area contributed by atoms with Crippen LogP contribution in [0, 0.1) is 0 Å². The number of nitrogens with one attached hydrogen (secondary N) is 1. The van der Waals surface area contributed by atoms with Crippen molar-refractivity contribution in [1.82, 2.24) is 0 Å². The number of carbonyl (C=O) groups is 2. The van der Waals surface area contributed by atoms with Crippen LogP contribution in [0.5, 0.6) is 0 Å². The fourth-order valence-corrected chi connectivity index (χ4v) is 4.18. The molecular formula is C23H21NO5S. The van der Waals surface area contributed by atoms with E-state index in [9.17, 15) is 18.0 Å². The van der Waals surface area contributed by atoms with Gasteiger partial charge in [-0.05, 0) is 41.5 Å². The van der Waals surface area contributed by atoms with Crippen LogP contribution in [0.1, 0.15) is 28.4 Å². The van der Waals surface area contributed by atoms with Crippen LogP contribution < -0.4 is 5.32 Å². The van der Waals surface area contributed by atoms with E-state index in [1.54, 1.807) is 54.6 Å². The molecule has 0 aliphatic carbocycles. The molecule has 0 spiro atoms. The summed E-state index contributed by atoms with van der Waals surface area (Å²) in [6, 6.07) is 21.7. The van der Waals surface area contributed by atoms with Crippen LogP contribution in [-0.4, -0.2) is 20.3 Å². The lowest BCUT2D eigenvalue weighted by Gasteiger charge is -2.08. The Balaban J connectivity index is 1.62. The summed E-state index contributed by atoms with van der Waals surface area (Å²) in [6.07, 6.45) is 0. The maximum absolute atomic E-state index is 12.6. The van der Waals surface area contributed by atoms with Crippen molar-refractivity contribution in [2.45, 2.75) is 24.2 Å². The molecular weight excluding hydrogens is 402 g/mol. The van der Waals surface area contributed by atoms with Crippen LogP contribution in [0.15, 0.2) is 83.8 Å². The molecule has 7 heteroatoms. The van der Waals surface area contributed by atoms with E-state index in [0.717, 1.165) is 5.56 Å². The van der Waals surface area contributed by atoms with Crippen molar-refractivity contribution in [3.8, 4) is 0 Å². The fourth-order valence-electron chi connectivity index (χ4n) is 2.83. The molecule has 6 nitrogen and oxygen atoms in total. The van der Waals surface area contributed by atoms with Crippen LogP contribution >= 0.6 is 0 Å². The minimum Gasteiger partial charge on any atom is -0.457 e. The van der Waals surface area contributed by atoms with Gasteiger partial charge in [-0.3, -0.25) is 4.79 Å². The van der Waals surface area contributed by atoms with Gasteiger partial charge in [0, 0.05) is 12.6 Å². The lowest BCUT2D eigenvalue weighted by Crippen LogP contribution is -2.09. The monoisotopic (exact) mass is 423 g/mol. The zero-order chi connectivity index (χ0) is 21.6. The summed E-state index contributed by atoms with van der Waals surface area (Å²) in [5, 5.41) is 2.61. The minimum atomic E-state index is -3.46. The van der Waals surface area contributed by atoms with E-state index in [4.69, 9.17) is 4.74 Å². The zero-order valence-corrected chi connectivity index (χ0v) is 17.2. The Morgan fingerprint density at radius 2 is 1.57 bits per heavy atom. The second kappa shape index (κ2) is 9.37. The van der Waals surface area contributed by atoms with Gasteiger partial charge in [0.1, 0.15) is 6.61 Å². The summed E-state index contributed by atoms with van der Waals surface area (Å²) in [5.41, 5.74) is 2.20.